The first kappa shape index (κ1) is 12.4. The van der Waals surface area contributed by atoms with E-state index in [0.29, 0.717) is 11.0 Å². The van der Waals surface area contributed by atoms with Crippen LogP contribution in [0.3, 0.4) is 0 Å². The summed E-state index contributed by atoms with van der Waals surface area (Å²) in [7, 11) is 0. The van der Waals surface area contributed by atoms with Gasteiger partial charge in [0.05, 0.1) is 0 Å². The van der Waals surface area contributed by atoms with E-state index >= 15 is 0 Å². The van der Waals surface area contributed by atoms with Crippen LogP contribution in [-0.4, -0.2) is 47.1 Å². The van der Waals surface area contributed by atoms with Gasteiger partial charge in [-0.25, -0.2) is 0 Å². The van der Waals surface area contributed by atoms with E-state index < -0.39 is 0 Å². The van der Waals surface area contributed by atoms with Crippen LogP contribution in [0.1, 0.15) is 48.0 Å². The summed E-state index contributed by atoms with van der Waals surface area (Å²) in [5.74, 6) is 0. The minimum absolute atomic E-state index is 0.363. The lowest BCUT2D eigenvalue weighted by Gasteiger charge is -2.62. The molecule has 3 fully saturated rings. The first-order valence-corrected chi connectivity index (χ1v) is 6.68. The highest BCUT2D eigenvalue weighted by atomic mass is 15.4. The van der Waals surface area contributed by atoms with Gasteiger partial charge < -0.3 is 0 Å². The molecule has 3 aliphatic heterocycles. The van der Waals surface area contributed by atoms with Crippen LogP contribution in [-0.2, 0) is 0 Å². The van der Waals surface area contributed by atoms with Crippen LogP contribution in [0.4, 0.5) is 0 Å². The first-order valence-electron chi connectivity index (χ1n) is 6.68. The molecular formula is C14H28N2. The number of piperazine rings is 1. The molecule has 0 aromatic heterocycles. The second-order valence-electron chi connectivity index (χ2n) is 7.88. The standard InChI is InChI=1S/C14H28N2/c1-13(2,3)10-15-8-11-7-12(9-15)16(11)14(4,5)6/h11-12H,7-10H2,1-6H3. The third-order valence-corrected chi connectivity index (χ3v) is 3.74. The van der Waals surface area contributed by atoms with Crippen molar-refractivity contribution in [3.63, 3.8) is 0 Å². The molecule has 2 nitrogen and oxygen atoms in total. The number of fused-ring (bicyclic) bond motifs is 2. The maximum atomic E-state index is 2.73. The Bertz CT molecular complexity index is 247. The van der Waals surface area contributed by atoms with Crippen molar-refractivity contribution >= 4 is 0 Å². The van der Waals surface area contributed by atoms with Crippen molar-refractivity contribution < 1.29 is 0 Å². The number of rotatable bonds is 1. The van der Waals surface area contributed by atoms with E-state index in [-0.39, 0.29) is 0 Å². The summed E-state index contributed by atoms with van der Waals surface area (Å²) in [5.41, 5.74) is 0.803. The van der Waals surface area contributed by atoms with Gasteiger partial charge in [0.25, 0.3) is 0 Å². The van der Waals surface area contributed by atoms with Gasteiger partial charge in [0, 0.05) is 37.3 Å². The third-order valence-electron chi connectivity index (χ3n) is 3.74. The van der Waals surface area contributed by atoms with E-state index in [1.54, 1.807) is 0 Å². The molecule has 0 spiro atoms. The SMILES string of the molecule is CC(C)(C)CN1CC2CC(C1)N2C(C)(C)C. The van der Waals surface area contributed by atoms with Crippen LogP contribution in [0.15, 0.2) is 0 Å². The van der Waals surface area contributed by atoms with Crippen LogP contribution in [0.5, 0.6) is 0 Å². The summed E-state index contributed by atoms with van der Waals surface area (Å²) >= 11 is 0. The van der Waals surface area contributed by atoms with Crippen LogP contribution in [0, 0.1) is 5.41 Å². The van der Waals surface area contributed by atoms with E-state index in [1.807, 2.05) is 0 Å². The normalized spacial score (nSPS) is 32.6. The number of nitrogens with zero attached hydrogens (tertiary/aromatic N) is 2. The van der Waals surface area contributed by atoms with Gasteiger partial charge in [-0.1, -0.05) is 20.8 Å². The fraction of sp³-hybridized carbons (Fsp3) is 1.00. The van der Waals surface area contributed by atoms with Crippen LogP contribution >= 0.6 is 0 Å². The Morgan fingerprint density at radius 2 is 1.44 bits per heavy atom. The molecular weight excluding hydrogens is 196 g/mol. The quantitative estimate of drug-likeness (QED) is 0.675. The Labute approximate surface area is 101 Å². The maximum Gasteiger partial charge on any atom is 0.0247 e. The lowest BCUT2D eigenvalue weighted by atomic mass is 9.81. The molecule has 0 aromatic carbocycles. The Morgan fingerprint density at radius 3 is 1.81 bits per heavy atom. The zero-order valence-corrected chi connectivity index (χ0v) is 11.9. The molecule has 94 valence electrons. The summed E-state index contributed by atoms with van der Waals surface area (Å²) < 4.78 is 0. The van der Waals surface area contributed by atoms with Crippen molar-refractivity contribution in [2.75, 3.05) is 19.6 Å². The second-order valence-corrected chi connectivity index (χ2v) is 7.88. The highest BCUT2D eigenvalue weighted by molar-refractivity contribution is 5.05. The summed E-state index contributed by atoms with van der Waals surface area (Å²) in [4.78, 5) is 5.40. The topological polar surface area (TPSA) is 6.48 Å². The molecule has 2 heteroatoms. The minimum Gasteiger partial charge on any atom is -0.300 e. The van der Waals surface area contributed by atoms with Crippen molar-refractivity contribution in [2.45, 2.75) is 65.6 Å². The molecule has 0 amide bonds. The summed E-state index contributed by atoms with van der Waals surface area (Å²) in [6.45, 7) is 17.9. The molecule has 0 saturated carbocycles. The van der Waals surface area contributed by atoms with Gasteiger partial charge in [0.1, 0.15) is 0 Å². The second kappa shape index (κ2) is 3.71. The molecule has 3 saturated heterocycles. The van der Waals surface area contributed by atoms with E-state index in [2.05, 4.69) is 51.3 Å². The summed E-state index contributed by atoms with van der Waals surface area (Å²) in [6.07, 6.45) is 1.43. The monoisotopic (exact) mass is 224 g/mol. The average Bonchev–Trinajstić information content (AvgIpc) is 1.95. The molecule has 16 heavy (non-hydrogen) atoms. The van der Waals surface area contributed by atoms with E-state index in [1.165, 1.54) is 26.1 Å². The van der Waals surface area contributed by atoms with Crippen LogP contribution in [0.2, 0.25) is 0 Å². The predicted octanol–water partition coefficient (Wildman–Crippen LogP) is 2.59. The lowest BCUT2D eigenvalue weighted by molar-refractivity contribution is -0.123. The van der Waals surface area contributed by atoms with Crippen molar-refractivity contribution in [3.8, 4) is 0 Å². The first-order chi connectivity index (χ1) is 7.17. The fourth-order valence-corrected chi connectivity index (χ4v) is 3.59. The Morgan fingerprint density at radius 1 is 0.938 bits per heavy atom. The highest BCUT2D eigenvalue weighted by Crippen LogP contribution is 2.38. The van der Waals surface area contributed by atoms with Crippen LogP contribution in [0.25, 0.3) is 0 Å². The van der Waals surface area contributed by atoms with Crippen molar-refractivity contribution in [3.05, 3.63) is 0 Å². The van der Waals surface area contributed by atoms with Gasteiger partial charge in [-0.3, -0.25) is 9.80 Å². The van der Waals surface area contributed by atoms with E-state index in [4.69, 9.17) is 0 Å². The molecule has 2 bridgehead atoms. The van der Waals surface area contributed by atoms with Gasteiger partial charge in [-0.05, 0) is 32.6 Å². The molecule has 0 aromatic rings. The third kappa shape index (κ3) is 2.43. The maximum absolute atomic E-state index is 2.73. The average molecular weight is 224 g/mol. The molecule has 2 unspecified atom stereocenters. The van der Waals surface area contributed by atoms with Gasteiger partial charge in [-0.15, -0.1) is 0 Å². The number of hydrogen-bond acceptors (Lipinski definition) is 2. The molecule has 3 aliphatic rings. The minimum atomic E-state index is 0.363. The molecule has 3 heterocycles. The van der Waals surface area contributed by atoms with E-state index in [0.717, 1.165) is 12.1 Å². The molecule has 0 aliphatic carbocycles. The fourth-order valence-electron chi connectivity index (χ4n) is 3.59. The van der Waals surface area contributed by atoms with Gasteiger partial charge in [-0.2, -0.15) is 0 Å². The van der Waals surface area contributed by atoms with E-state index in [9.17, 15) is 0 Å². The summed E-state index contributed by atoms with van der Waals surface area (Å²) in [6, 6.07) is 1.64. The largest absolute Gasteiger partial charge is 0.300 e. The molecule has 0 N–H and O–H groups in total. The number of piperidine rings is 1. The van der Waals surface area contributed by atoms with Gasteiger partial charge in [0.15, 0.2) is 0 Å². The van der Waals surface area contributed by atoms with Gasteiger partial charge in [0.2, 0.25) is 0 Å². The van der Waals surface area contributed by atoms with Gasteiger partial charge >= 0.3 is 0 Å². The smallest absolute Gasteiger partial charge is 0.0247 e. The Kier molecular flexibility index (Phi) is 2.87. The highest BCUT2D eigenvalue weighted by Gasteiger charge is 2.49. The lowest BCUT2D eigenvalue weighted by Crippen LogP contribution is -2.73. The predicted molar refractivity (Wildman–Crippen MR) is 69.7 cm³/mol. The Hall–Kier alpha value is -0.0800. The van der Waals surface area contributed by atoms with Crippen molar-refractivity contribution in [1.29, 1.82) is 0 Å². The molecule has 2 atom stereocenters. The molecule has 3 rings (SSSR count). The Balaban J connectivity index is 1.92. The molecule has 0 radical (unpaired) electrons. The number of hydrogen-bond donors (Lipinski definition) is 0. The zero-order valence-electron chi connectivity index (χ0n) is 11.9. The summed E-state index contributed by atoms with van der Waals surface area (Å²) in [5, 5.41) is 0. The zero-order chi connectivity index (χ0) is 12.1. The van der Waals surface area contributed by atoms with Crippen molar-refractivity contribution in [1.82, 2.24) is 9.80 Å². The van der Waals surface area contributed by atoms with Crippen LogP contribution < -0.4 is 0 Å². The van der Waals surface area contributed by atoms with Crippen molar-refractivity contribution in [2.24, 2.45) is 5.41 Å².